The zero-order valence-electron chi connectivity index (χ0n) is 11.6. The van der Waals surface area contributed by atoms with E-state index in [9.17, 15) is 15.0 Å². The molecule has 0 amide bonds. The lowest BCUT2D eigenvalue weighted by molar-refractivity contribution is -0.148. The van der Waals surface area contributed by atoms with Crippen LogP contribution in [0.4, 0.5) is 0 Å². The molecule has 4 N–H and O–H groups in total. The summed E-state index contributed by atoms with van der Waals surface area (Å²) >= 11 is 0. The quantitative estimate of drug-likeness (QED) is 0.199. The summed E-state index contributed by atoms with van der Waals surface area (Å²) in [5.74, 6) is -1.05. The number of ether oxygens (including phenoxy) is 2. The Morgan fingerprint density at radius 3 is 2.81 bits per heavy atom. The third-order valence-electron chi connectivity index (χ3n) is 3.13. The van der Waals surface area contributed by atoms with Gasteiger partial charge in [-0.3, -0.25) is 0 Å². The highest BCUT2D eigenvalue weighted by Crippen LogP contribution is 2.25. The van der Waals surface area contributed by atoms with Gasteiger partial charge in [0.15, 0.2) is 0 Å². The summed E-state index contributed by atoms with van der Waals surface area (Å²) < 4.78 is 9.84. The first kappa shape index (κ1) is 17.2. The third kappa shape index (κ3) is 3.84. The number of rotatable bonds is 6. The first-order chi connectivity index (χ1) is 9.99. The molecule has 0 spiro atoms. The van der Waals surface area contributed by atoms with E-state index in [1.54, 1.807) is 0 Å². The average molecular weight is 302 g/mol. The normalized spacial score (nSPS) is 27.7. The standard InChI is InChI=1S/C11H18N4O6/c1-13-8-5(14-15-12)3-7(11(19)20-2)21-10(8)9(18)6(17)4-16/h3,5-6,8-10,13,16-18H,4H2,1-2H3/t5?,6?,8?,9?,10-/m1/s1. The van der Waals surface area contributed by atoms with Crippen molar-refractivity contribution in [3.8, 4) is 0 Å². The Morgan fingerprint density at radius 2 is 2.33 bits per heavy atom. The van der Waals surface area contributed by atoms with Gasteiger partial charge in [-0.25, -0.2) is 4.79 Å². The van der Waals surface area contributed by atoms with Gasteiger partial charge in [0.25, 0.3) is 0 Å². The van der Waals surface area contributed by atoms with Gasteiger partial charge in [-0.1, -0.05) is 5.11 Å². The minimum absolute atomic E-state index is 0.240. The van der Waals surface area contributed by atoms with Crippen molar-refractivity contribution in [2.24, 2.45) is 5.11 Å². The van der Waals surface area contributed by atoms with Gasteiger partial charge in [0.1, 0.15) is 18.3 Å². The number of aliphatic hydroxyl groups is 3. The fraction of sp³-hybridized carbons (Fsp3) is 0.727. The molecule has 4 unspecified atom stereocenters. The minimum Gasteiger partial charge on any atom is -0.479 e. The van der Waals surface area contributed by atoms with E-state index in [0.717, 1.165) is 7.11 Å². The smallest absolute Gasteiger partial charge is 0.372 e. The summed E-state index contributed by atoms with van der Waals surface area (Å²) in [5, 5.41) is 34.8. The van der Waals surface area contributed by atoms with Crippen LogP contribution < -0.4 is 5.32 Å². The number of aliphatic hydroxyl groups excluding tert-OH is 3. The molecular formula is C11H18N4O6. The molecule has 0 bridgehead atoms. The van der Waals surface area contributed by atoms with Crippen LogP contribution >= 0.6 is 0 Å². The van der Waals surface area contributed by atoms with Crippen LogP contribution in [0.15, 0.2) is 16.9 Å². The number of hydrogen-bond acceptors (Lipinski definition) is 8. The van der Waals surface area contributed by atoms with Crippen LogP contribution in [0.1, 0.15) is 0 Å². The van der Waals surface area contributed by atoms with Crippen molar-refractivity contribution >= 4 is 5.97 Å². The average Bonchev–Trinajstić information content (AvgIpc) is 2.51. The molecule has 118 valence electrons. The summed E-state index contributed by atoms with van der Waals surface area (Å²) in [6.07, 6.45) is -2.83. The second-order valence-corrected chi connectivity index (χ2v) is 4.36. The lowest BCUT2D eigenvalue weighted by Crippen LogP contribution is -2.57. The molecule has 1 aliphatic heterocycles. The van der Waals surface area contributed by atoms with Crippen molar-refractivity contribution in [1.29, 1.82) is 0 Å². The Balaban J connectivity index is 3.15. The number of carbonyl (C=O) groups is 1. The largest absolute Gasteiger partial charge is 0.479 e. The van der Waals surface area contributed by atoms with Crippen molar-refractivity contribution < 1.29 is 29.6 Å². The van der Waals surface area contributed by atoms with Crippen LogP contribution in [0.2, 0.25) is 0 Å². The van der Waals surface area contributed by atoms with E-state index in [-0.39, 0.29) is 5.76 Å². The van der Waals surface area contributed by atoms with E-state index in [1.807, 2.05) is 0 Å². The zero-order chi connectivity index (χ0) is 16.0. The number of carbonyl (C=O) groups excluding carboxylic acids is 1. The number of methoxy groups -OCH3 is 1. The van der Waals surface area contributed by atoms with E-state index in [1.165, 1.54) is 13.1 Å². The first-order valence-corrected chi connectivity index (χ1v) is 6.15. The summed E-state index contributed by atoms with van der Waals surface area (Å²) in [5.41, 5.74) is 8.59. The summed E-state index contributed by atoms with van der Waals surface area (Å²) in [6, 6.07) is -1.54. The maximum atomic E-state index is 11.6. The van der Waals surface area contributed by atoms with Crippen LogP contribution in [0.3, 0.4) is 0 Å². The van der Waals surface area contributed by atoms with Crippen LogP contribution in [-0.2, 0) is 14.3 Å². The highest BCUT2D eigenvalue weighted by atomic mass is 16.6. The van der Waals surface area contributed by atoms with E-state index >= 15 is 0 Å². The van der Waals surface area contributed by atoms with Crippen molar-refractivity contribution in [1.82, 2.24) is 5.32 Å². The van der Waals surface area contributed by atoms with E-state index in [2.05, 4.69) is 20.1 Å². The van der Waals surface area contributed by atoms with Gasteiger partial charge < -0.3 is 30.1 Å². The summed E-state index contributed by atoms with van der Waals surface area (Å²) in [6.45, 7) is -0.694. The maximum absolute atomic E-state index is 11.6. The van der Waals surface area contributed by atoms with Crippen molar-refractivity contribution in [3.05, 3.63) is 22.3 Å². The van der Waals surface area contributed by atoms with Crippen LogP contribution in [0.25, 0.3) is 10.4 Å². The Kier molecular flexibility index (Phi) is 6.40. The van der Waals surface area contributed by atoms with Crippen LogP contribution in [-0.4, -0.2) is 72.4 Å². The Morgan fingerprint density at radius 1 is 1.67 bits per heavy atom. The molecule has 0 saturated heterocycles. The number of likely N-dealkylation sites (N-methyl/N-ethyl adjacent to an activating group) is 1. The molecular weight excluding hydrogens is 284 g/mol. The number of azide groups is 1. The maximum Gasteiger partial charge on any atom is 0.372 e. The molecule has 1 heterocycles. The molecule has 0 radical (unpaired) electrons. The highest BCUT2D eigenvalue weighted by Gasteiger charge is 2.42. The topological polar surface area (TPSA) is 157 Å². The van der Waals surface area contributed by atoms with Gasteiger partial charge in [-0.15, -0.1) is 0 Å². The molecule has 0 aromatic rings. The molecule has 0 aliphatic carbocycles. The molecule has 5 atom stereocenters. The fourth-order valence-electron chi connectivity index (χ4n) is 2.04. The number of esters is 1. The molecule has 1 aliphatic rings. The monoisotopic (exact) mass is 302 g/mol. The predicted octanol–water partition coefficient (Wildman–Crippen LogP) is -1.58. The van der Waals surface area contributed by atoms with Crippen molar-refractivity contribution in [2.75, 3.05) is 20.8 Å². The van der Waals surface area contributed by atoms with Crippen molar-refractivity contribution in [2.45, 2.75) is 30.4 Å². The molecule has 10 nitrogen and oxygen atoms in total. The molecule has 0 fully saturated rings. The van der Waals surface area contributed by atoms with Gasteiger partial charge in [-0.2, -0.15) is 0 Å². The minimum atomic E-state index is -1.50. The summed E-state index contributed by atoms with van der Waals surface area (Å²) in [4.78, 5) is 14.2. The second kappa shape index (κ2) is 7.81. The molecule has 0 aromatic heterocycles. The zero-order valence-corrected chi connectivity index (χ0v) is 11.6. The first-order valence-electron chi connectivity index (χ1n) is 6.15. The Hall–Kier alpha value is -1.84. The van der Waals surface area contributed by atoms with Gasteiger partial charge in [-0.05, 0) is 18.7 Å². The molecule has 0 saturated carbocycles. The second-order valence-electron chi connectivity index (χ2n) is 4.36. The van der Waals surface area contributed by atoms with E-state index < -0.39 is 43.0 Å². The summed E-state index contributed by atoms with van der Waals surface area (Å²) in [7, 11) is 2.68. The lowest BCUT2D eigenvalue weighted by Gasteiger charge is -2.38. The predicted molar refractivity (Wildman–Crippen MR) is 69.9 cm³/mol. The van der Waals surface area contributed by atoms with Crippen LogP contribution in [0, 0.1) is 0 Å². The fourth-order valence-corrected chi connectivity index (χ4v) is 2.04. The van der Waals surface area contributed by atoms with Crippen LogP contribution in [0.5, 0.6) is 0 Å². The molecule has 1 rings (SSSR count). The van der Waals surface area contributed by atoms with Gasteiger partial charge >= 0.3 is 5.97 Å². The SMILES string of the molecule is CNC1C(N=[N+]=[N-])C=C(C(=O)OC)O[C@H]1C(O)C(O)CO. The third-order valence-corrected chi connectivity index (χ3v) is 3.13. The van der Waals surface area contributed by atoms with Gasteiger partial charge in [0.2, 0.25) is 5.76 Å². The Bertz CT molecular complexity index is 450. The van der Waals surface area contributed by atoms with E-state index in [0.29, 0.717) is 0 Å². The lowest BCUT2D eigenvalue weighted by atomic mass is 9.93. The molecule has 10 heteroatoms. The molecule has 0 aromatic carbocycles. The van der Waals surface area contributed by atoms with Crippen molar-refractivity contribution in [3.63, 3.8) is 0 Å². The Labute approximate surface area is 120 Å². The molecule has 21 heavy (non-hydrogen) atoms. The number of nitrogens with one attached hydrogen (secondary N) is 1. The highest BCUT2D eigenvalue weighted by molar-refractivity contribution is 5.86. The number of hydrogen-bond donors (Lipinski definition) is 4. The van der Waals surface area contributed by atoms with Gasteiger partial charge in [0.05, 0.1) is 25.8 Å². The van der Waals surface area contributed by atoms with E-state index in [4.69, 9.17) is 15.4 Å². The van der Waals surface area contributed by atoms with Gasteiger partial charge in [0, 0.05) is 4.91 Å². The number of nitrogens with zero attached hydrogens (tertiary/aromatic N) is 3.